The van der Waals surface area contributed by atoms with Crippen molar-refractivity contribution in [1.82, 2.24) is 10.2 Å². The number of nitrogens with one attached hydrogen (secondary N) is 1. The van der Waals surface area contributed by atoms with Crippen molar-refractivity contribution >= 4 is 11.8 Å². The smallest absolute Gasteiger partial charge is 0.233 e. The molecule has 2 amide bonds. The van der Waals surface area contributed by atoms with Gasteiger partial charge in [0.1, 0.15) is 0 Å². The van der Waals surface area contributed by atoms with Crippen LogP contribution in [0.2, 0.25) is 0 Å². The summed E-state index contributed by atoms with van der Waals surface area (Å²) in [5.74, 6) is -0.0604. The van der Waals surface area contributed by atoms with Gasteiger partial charge in [-0.2, -0.15) is 0 Å². The molecule has 3 rings (SSSR count). The van der Waals surface area contributed by atoms with Crippen molar-refractivity contribution in [2.75, 3.05) is 13.1 Å². The zero-order valence-corrected chi connectivity index (χ0v) is 12.7. The average Bonchev–Trinajstić information content (AvgIpc) is 2.70. The Bertz CT molecular complexity index is 399. The predicted octanol–water partition coefficient (Wildman–Crippen LogP) is 2.25. The molecule has 1 aliphatic heterocycles. The lowest BCUT2D eigenvalue weighted by Crippen LogP contribution is -2.40. The molecular weight excluding hydrogens is 264 g/mol. The van der Waals surface area contributed by atoms with Gasteiger partial charge in [0.15, 0.2) is 0 Å². The number of allylic oxidation sites excluding steroid dienone is 2. The van der Waals surface area contributed by atoms with E-state index in [-0.39, 0.29) is 23.7 Å². The highest BCUT2D eigenvalue weighted by Crippen LogP contribution is 2.34. The van der Waals surface area contributed by atoms with Crippen LogP contribution in [0.3, 0.4) is 0 Å². The van der Waals surface area contributed by atoms with E-state index in [4.69, 9.17) is 0 Å². The van der Waals surface area contributed by atoms with Gasteiger partial charge in [0.05, 0.1) is 11.8 Å². The fourth-order valence-electron chi connectivity index (χ4n) is 3.95. The van der Waals surface area contributed by atoms with E-state index in [9.17, 15) is 9.59 Å². The standard InChI is InChI=1S/C17H26N2O2/c20-16-14-9-5-6-10-15(14)17(21)19(16)12-11-18-13-7-3-1-2-4-8-13/h5-6,13-15,18H,1-4,7-12H2/t14-,15+. The highest BCUT2D eigenvalue weighted by atomic mass is 16.2. The molecule has 0 bridgehead atoms. The molecule has 0 aromatic rings. The molecule has 4 heteroatoms. The minimum Gasteiger partial charge on any atom is -0.312 e. The van der Waals surface area contributed by atoms with Gasteiger partial charge < -0.3 is 5.32 Å². The molecule has 116 valence electrons. The van der Waals surface area contributed by atoms with Crippen LogP contribution in [0.4, 0.5) is 0 Å². The van der Waals surface area contributed by atoms with Gasteiger partial charge in [0, 0.05) is 19.1 Å². The average molecular weight is 290 g/mol. The van der Waals surface area contributed by atoms with E-state index in [1.807, 2.05) is 12.2 Å². The van der Waals surface area contributed by atoms with Crippen molar-refractivity contribution in [1.29, 1.82) is 0 Å². The first-order valence-corrected chi connectivity index (χ1v) is 8.51. The largest absolute Gasteiger partial charge is 0.312 e. The molecule has 2 atom stereocenters. The zero-order chi connectivity index (χ0) is 14.7. The third-order valence-electron chi connectivity index (χ3n) is 5.22. The summed E-state index contributed by atoms with van der Waals surface area (Å²) in [6.07, 6.45) is 13.3. The second-order valence-electron chi connectivity index (χ2n) is 6.63. The van der Waals surface area contributed by atoms with Crippen LogP contribution in [-0.4, -0.2) is 35.8 Å². The van der Waals surface area contributed by atoms with E-state index < -0.39 is 0 Å². The van der Waals surface area contributed by atoms with Crippen molar-refractivity contribution in [2.24, 2.45) is 11.8 Å². The van der Waals surface area contributed by atoms with Crippen LogP contribution in [-0.2, 0) is 9.59 Å². The van der Waals surface area contributed by atoms with Crippen LogP contribution in [0.15, 0.2) is 12.2 Å². The Kier molecular flexibility index (Phi) is 4.73. The molecule has 1 saturated carbocycles. The van der Waals surface area contributed by atoms with E-state index >= 15 is 0 Å². The van der Waals surface area contributed by atoms with Gasteiger partial charge in [-0.15, -0.1) is 0 Å². The van der Waals surface area contributed by atoms with E-state index in [1.165, 1.54) is 43.4 Å². The Labute approximate surface area is 127 Å². The van der Waals surface area contributed by atoms with Crippen LogP contribution in [0.1, 0.15) is 51.4 Å². The number of likely N-dealkylation sites (tertiary alicyclic amines) is 1. The van der Waals surface area contributed by atoms with Gasteiger partial charge >= 0.3 is 0 Å². The number of hydrogen-bond acceptors (Lipinski definition) is 3. The molecule has 4 nitrogen and oxygen atoms in total. The molecule has 0 aromatic heterocycles. The van der Waals surface area contributed by atoms with Crippen LogP contribution in [0.5, 0.6) is 0 Å². The van der Waals surface area contributed by atoms with Crippen LogP contribution in [0.25, 0.3) is 0 Å². The summed E-state index contributed by atoms with van der Waals surface area (Å²) in [6, 6.07) is 0.573. The summed E-state index contributed by atoms with van der Waals surface area (Å²) in [4.78, 5) is 26.2. The monoisotopic (exact) mass is 290 g/mol. The van der Waals surface area contributed by atoms with Gasteiger partial charge in [0.25, 0.3) is 0 Å². The van der Waals surface area contributed by atoms with Crippen molar-refractivity contribution in [2.45, 2.75) is 57.4 Å². The molecule has 1 saturated heterocycles. The van der Waals surface area contributed by atoms with Gasteiger partial charge in [-0.1, -0.05) is 37.8 Å². The number of fused-ring (bicyclic) bond motifs is 1. The summed E-state index contributed by atoms with van der Waals surface area (Å²) in [7, 11) is 0. The molecule has 0 spiro atoms. The molecule has 0 unspecified atom stereocenters. The lowest BCUT2D eigenvalue weighted by Gasteiger charge is -2.19. The van der Waals surface area contributed by atoms with Crippen molar-refractivity contribution in [3.63, 3.8) is 0 Å². The Morgan fingerprint density at radius 2 is 1.52 bits per heavy atom. The molecule has 0 aromatic carbocycles. The van der Waals surface area contributed by atoms with E-state index in [0.717, 1.165) is 19.4 Å². The lowest BCUT2D eigenvalue weighted by atomic mass is 9.85. The molecular formula is C17H26N2O2. The second kappa shape index (κ2) is 6.73. The predicted molar refractivity (Wildman–Crippen MR) is 81.6 cm³/mol. The fourth-order valence-corrected chi connectivity index (χ4v) is 3.95. The van der Waals surface area contributed by atoms with E-state index in [1.54, 1.807) is 0 Å². The van der Waals surface area contributed by atoms with Crippen molar-refractivity contribution in [3.05, 3.63) is 12.2 Å². The quantitative estimate of drug-likeness (QED) is 0.491. The minimum absolute atomic E-state index is 0.0528. The highest BCUT2D eigenvalue weighted by molar-refractivity contribution is 6.05. The molecule has 3 aliphatic rings. The zero-order valence-electron chi connectivity index (χ0n) is 12.7. The third kappa shape index (κ3) is 3.20. The maximum absolute atomic E-state index is 12.3. The normalized spacial score (nSPS) is 30.6. The van der Waals surface area contributed by atoms with Gasteiger partial charge in [-0.25, -0.2) is 0 Å². The Balaban J connectivity index is 1.49. The molecule has 1 heterocycles. The maximum Gasteiger partial charge on any atom is 0.233 e. The Morgan fingerprint density at radius 3 is 2.10 bits per heavy atom. The number of imide groups is 1. The van der Waals surface area contributed by atoms with Gasteiger partial charge in [-0.3, -0.25) is 14.5 Å². The summed E-state index contributed by atoms with van der Waals surface area (Å²) < 4.78 is 0. The van der Waals surface area contributed by atoms with Gasteiger partial charge in [0.2, 0.25) is 11.8 Å². The number of rotatable bonds is 4. The first kappa shape index (κ1) is 14.8. The second-order valence-corrected chi connectivity index (χ2v) is 6.63. The molecule has 21 heavy (non-hydrogen) atoms. The van der Waals surface area contributed by atoms with Crippen LogP contribution in [0, 0.1) is 11.8 Å². The maximum atomic E-state index is 12.3. The summed E-state index contributed by atoms with van der Waals surface area (Å²) in [6.45, 7) is 1.29. The van der Waals surface area contributed by atoms with Crippen LogP contribution < -0.4 is 5.32 Å². The van der Waals surface area contributed by atoms with Gasteiger partial charge in [-0.05, 0) is 25.7 Å². The summed E-state index contributed by atoms with van der Waals surface area (Å²) in [5.41, 5.74) is 0. The Hall–Kier alpha value is -1.16. The lowest BCUT2D eigenvalue weighted by molar-refractivity contribution is -0.139. The summed E-state index contributed by atoms with van der Waals surface area (Å²) >= 11 is 0. The van der Waals surface area contributed by atoms with Crippen molar-refractivity contribution in [3.8, 4) is 0 Å². The number of carbonyl (C=O) groups is 2. The molecule has 1 N–H and O–H groups in total. The van der Waals surface area contributed by atoms with Crippen molar-refractivity contribution < 1.29 is 9.59 Å². The third-order valence-corrected chi connectivity index (χ3v) is 5.22. The van der Waals surface area contributed by atoms with E-state index in [2.05, 4.69) is 5.32 Å². The first-order valence-electron chi connectivity index (χ1n) is 8.51. The summed E-state index contributed by atoms with van der Waals surface area (Å²) in [5, 5.41) is 3.55. The van der Waals surface area contributed by atoms with E-state index in [0.29, 0.717) is 12.6 Å². The molecule has 2 aliphatic carbocycles. The number of hydrogen-bond donors (Lipinski definition) is 1. The first-order chi connectivity index (χ1) is 10.3. The number of nitrogens with zero attached hydrogens (tertiary/aromatic N) is 1. The minimum atomic E-state index is -0.0830. The molecule has 0 radical (unpaired) electrons. The SMILES string of the molecule is O=C1[C@H]2CC=CC[C@H]2C(=O)N1CCNC1CCCCCC1. The Morgan fingerprint density at radius 1 is 0.952 bits per heavy atom. The number of amides is 2. The van der Waals surface area contributed by atoms with Crippen LogP contribution >= 0.6 is 0 Å². The topological polar surface area (TPSA) is 49.4 Å². The number of carbonyl (C=O) groups excluding carboxylic acids is 2. The molecule has 2 fully saturated rings. The highest BCUT2D eigenvalue weighted by Gasteiger charge is 2.46. The fraction of sp³-hybridized carbons (Fsp3) is 0.765.